The monoisotopic (exact) mass is 166 g/mol. The van der Waals surface area contributed by atoms with Gasteiger partial charge >= 0.3 is 0 Å². The van der Waals surface area contributed by atoms with Gasteiger partial charge in [0, 0.05) is 31.4 Å². The first-order chi connectivity index (χ1) is 5.75. The van der Waals surface area contributed by atoms with Crippen LogP contribution in [0.5, 0.6) is 0 Å². The van der Waals surface area contributed by atoms with Crippen LogP contribution < -0.4 is 11.1 Å². The van der Waals surface area contributed by atoms with Crippen molar-refractivity contribution in [3.63, 3.8) is 0 Å². The van der Waals surface area contributed by atoms with Crippen molar-refractivity contribution in [1.29, 1.82) is 0 Å². The van der Waals surface area contributed by atoms with E-state index in [1.165, 1.54) is 12.8 Å². The van der Waals surface area contributed by atoms with E-state index in [0.29, 0.717) is 5.82 Å². The van der Waals surface area contributed by atoms with Crippen LogP contribution >= 0.6 is 0 Å². The van der Waals surface area contributed by atoms with Crippen molar-refractivity contribution in [1.82, 2.24) is 15.1 Å². The first-order valence-electron chi connectivity index (χ1n) is 4.27. The molecule has 0 radical (unpaired) electrons. The summed E-state index contributed by atoms with van der Waals surface area (Å²) in [6, 6.07) is 0.726. The van der Waals surface area contributed by atoms with Gasteiger partial charge in [0.25, 0.3) is 0 Å². The summed E-state index contributed by atoms with van der Waals surface area (Å²) in [6.07, 6.45) is 4.57. The zero-order valence-electron chi connectivity index (χ0n) is 7.25. The molecule has 0 spiro atoms. The Morgan fingerprint density at radius 2 is 2.50 bits per heavy atom. The van der Waals surface area contributed by atoms with Crippen molar-refractivity contribution in [3.05, 3.63) is 11.8 Å². The third kappa shape index (κ3) is 1.58. The second-order valence-electron chi connectivity index (χ2n) is 3.37. The molecule has 0 bridgehead atoms. The lowest BCUT2D eigenvalue weighted by molar-refractivity contribution is 0.687. The molecular formula is C8H14N4. The molecule has 1 fully saturated rings. The van der Waals surface area contributed by atoms with E-state index < -0.39 is 0 Å². The summed E-state index contributed by atoms with van der Waals surface area (Å²) >= 11 is 0. The molecule has 1 aliphatic rings. The maximum absolute atomic E-state index is 5.68. The molecule has 0 atom stereocenters. The molecule has 66 valence electrons. The van der Waals surface area contributed by atoms with Crippen LogP contribution in [0.15, 0.2) is 6.20 Å². The van der Waals surface area contributed by atoms with Crippen molar-refractivity contribution >= 4 is 5.82 Å². The highest BCUT2D eigenvalue weighted by Crippen LogP contribution is 2.19. The Morgan fingerprint density at radius 3 is 3.00 bits per heavy atom. The van der Waals surface area contributed by atoms with Crippen molar-refractivity contribution in [3.8, 4) is 0 Å². The average molecular weight is 166 g/mol. The van der Waals surface area contributed by atoms with Gasteiger partial charge in [-0.3, -0.25) is 4.68 Å². The maximum Gasteiger partial charge on any atom is 0.149 e. The topological polar surface area (TPSA) is 55.9 Å². The number of anilines is 1. The highest BCUT2D eigenvalue weighted by molar-refractivity contribution is 5.37. The number of hydrogen-bond acceptors (Lipinski definition) is 3. The Morgan fingerprint density at radius 1 is 1.75 bits per heavy atom. The van der Waals surface area contributed by atoms with E-state index in [2.05, 4.69) is 10.4 Å². The summed E-state index contributed by atoms with van der Waals surface area (Å²) in [7, 11) is 1.89. The SMILES string of the molecule is Cn1cc(CNC2CC2)c(N)n1. The number of nitrogens with one attached hydrogen (secondary N) is 1. The number of rotatable bonds is 3. The summed E-state index contributed by atoms with van der Waals surface area (Å²) in [4.78, 5) is 0. The van der Waals surface area contributed by atoms with Crippen LogP contribution in [0, 0.1) is 0 Å². The third-order valence-corrected chi connectivity index (χ3v) is 2.10. The largest absolute Gasteiger partial charge is 0.382 e. The van der Waals surface area contributed by atoms with E-state index in [1.807, 2.05) is 13.2 Å². The summed E-state index contributed by atoms with van der Waals surface area (Å²) in [5, 5.41) is 7.46. The maximum atomic E-state index is 5.68. The van der Waals surface area contributed by atoms with Crippen LogP contribution in [0.1, 0.15) is 18.4 Å². The first kappa shape index (κ1) is 7.61. The quantitative estimate of drug-likeness (QED) is 0.677. The molecule has 1 aromatic rings. The molecule has 1 heterocycles. The second-order valence-corrected chi connectivity index (χ2v) is 3.37. The molecule has 3 N–H and O–H groups in total. The molecule has 0 unspecified atom stereocenters. The predicted molar refractivity (Wildman–Crippen MR) is 47.5 cm³/mol. The van der Waals surface area contributed by atoms with E-state index in [0.717, 1.165) is 18.2 Å². The van der Waals surface area contributed by atoms with Crippen LogP contribution in [0.4, 0.5) is 5.82 Å². The molecular weight excluding hydrogens is 152 g/mol. The summed E-state index contributed by atoms with van der Waals surface area (Å²) in [6.45, 7) is 0.852. The fourth-order valence-electron chi connectivity index (χ4n) is 1.23. The lowest BCUT2D eigenvalue weighted by Crippen LogP contribution is -2.15. The Labute approximate surface area is 71.7 Å². The lowest BCUT2D eigenvalue weighted by atomic mass is 10.3. The molecule has 12 heavy (non-hydrogen) atoms. The highest BCUT2D eigenvalue weighted by atomic mass is 15.3. The van der Waals surface area contributed by atoms with Gasteiger partial charge in [-0.15, -0.1) is 0 Å². The van der Waals surface area contributed by atoms with E-state index in [9.17, 15) is 0 Å². The van der Waals surface area contributed by atoms with Gasteiger partial charge in [-0.25, -0.2) is 0 Å². The van der Waals surface area contributed by atoms with Gasteiger partial charge in [-0.05, 0) is 12.8 Å². The summed E-state index contributed by atoms with van der Waals surface area (Å²) in [5.41, 5.74) is 6.78. The molecule has 4 nitrogen and oxygen atoms in total. The third-order valence-electron chi connectivity index (χ3n) is 2.10. The Hall–Kier alpha value is -1.03. The smallest absolute Gasteiger partial charge is 0.149 e. The molecule has 1 aromatic heterocycles. The Kier molecular flexibility index (Phi) is 1.77. The number of hydrogen-bond donors (Lipinski definition) is 2. The normalized spacial score (nSPS) is 16.8. The van der Waals surface area contributed by atoms with Crippen molar-refractivity contribution in [2.45, 2.75) is 25.4 Å². The molecule has 0 saturated heterocycles. The summed E-state index contributed by atoms with van der Waals surface area (Å²) < 4.78 is 1.75. The standard InChI is InChI=1S/C8H14N4/c1-12-5-6(8(9)11-12)4-10-7-2-3-7/h5,7,10H,2-4H2,1H3,(H2,9,11). The fraction of sp³-hybridized carbons (Fsp3) is 0.625. The zero-order chi connectivity index (χ0) is 8.55. The van der Waals surface area contributed by atoms with Crippen molar-refractivity contribution in [2.24, 2.45) is 7.05 Å². The van der Waals surface area contributed by atoms with Crippen LogP contribution in [0.3, 0.4) is 0 Å². The van der Waals surface area contributed by atoms with Crippen LogP contribution in [-0.4, -0.2) is 15.8 Å². The van der Waals surface area contributed by atoms with Gasteiger partial charge < -0.3 is 11.1 Å². The lowest BCUT2D eigenvalue weighted by Gasteiger charge is -1.98. The Bertz CT molecular complexity index is 275. The molecule has 0 aliphatic heterocycles. The molecule has 1 saturated carbocycles. The van der Waals surface area contributed by atoms with Gasteiger partial charge in [0.1, 0.15) is 5.82 Å². The Balaban J connectivity index is 1.96. The number of nitrogens with two attached hydrogens (primary N) is 1. The van der Waals surface area contributed by atoms with E-state index in [-0.39, 0.29) is 0 Å². The predicted octanol–water partition coefficient (Wildman–Crippen LogP) is 0.254. The fourth-order valence-corrected chi connectivity index (χ4v) is 1.23. The minimum Gasteiger partial charge on any atom is -0.382 e. The highest BCUT2D eigenvalue weighted by Gasteiger charge is 2.20. The zero-order valence-corrected chi connectivity index (χ0v) is 7.25. The molecule has 2 rings (SSSR count). The van der Waals surface area contributed by atoms with Crippen molar-refractivity contribution < 1.29 is 0 Å². The number of aromatic nitrogens is 2. The average Bonchev–Trinajstić information content (AvgIpc) is 2.76. The molecule has 1 aliphatic carbocycles. The van der Waals surface area contributed by atoms with Crippen LogP contribution in [0.2, 0.25) is 0 Å². The molecule has 4 heteroatoms. The van der Waals surface area contributed by atoms with Gasteiger partial charge in [0.2, 0.25) is 0 Å². The molecule has 0 aromatic carbocycles. The first-order valence-corrected chi connectivity index (χ1v) is 4.27. The van der Waals surface area contributed by atoms with Crippen LogP contribution in [0.25, 0.3) is 0 Å². The second kappa shape index (κ2) is 2.79. The van der Waals surface area contributed by atoms with Gasteiger partial charge in [0.15, 0.2) is 0 Å². The minimum atomic E-state index is 0.644. The summed E-state index contributed by atoms with van der Waals surface area (Å²) in [5.74, 6) is 0.644. The van der Waals surface area contributed by atoms with Crippen LogP contribution in [-0.2, 0) is 13.6 Å². The number of aryl methyl sites for hydroxylation is 1. The van der Waals surface area contributed by atoms with Gasteiger partial charge in [-0.1, -0.05) is 0 Å². The minimum absolute atomic E-state index is 0.644. The van der Waals surface area contributed by atoms with E-state index >= 15 is 0 Å². The van der Waals surface area contributed by atoms with E-state index in [4.69, 9.17) is 5.73 Å². The number of nitrogens with zero attached hydrogens (tertiary/aromatic N) is 2. The van der Waals surface area contributed by atoms with E-state index in [1.54, 1.807) is 4.68 Å². The van der Waals surface area contributed by atoms with Crippen molar-refractivity contribution in [2.75, 3.05) is 5.73 Å². The van der Waals surface area contributed by atoms with Gasteiger partial charge in [-0.2, -0.15) is 5.10 Å². The number of nitrogen functional groups attached to an aromatic ring is 1. The van der Waals surface area contributed by atoms with Gasteiger partial charge in [0.05, 0.1) is 0 Å². The molecule has 0 amide bonds.